The van der Waals surface area contributed by atoms with Crippen LogP contribution in [0.4, 0.5) is 0 Å². The molecule has 0 saturated carbocycles. The Morgan fingerprint density at radius 3 is 2.77 bits per heavy atom. The SMILES string of the molecule is Cc1cccc(/C=C/OC=O)c1C. The van der Waals surface area contributed by atoms with Gasteiger partial charge in [-0.2, -0.15) is 0 Å². The van der Waals surface area contributed by atoms with Gasteiger partial charge in [0.05, 0.1) is 6.26 Å². The van der Waals surface area contributed by atoms with Gasteiger partial charge in [0.15, 0.2) is 0 Å². The van der Waals surface area contributed by atoms with Crippen molar-refractivity contribution in [3.8, 4) is 0 Å². The molecule has 0 aliphatic heterocycles. The van der Waals surface area contributed by atoms with Crippen LogP contribution in [-0.2, 0) is 9.53 Å². The van der Waals surface area contributed by atoms with Crippen LogP contribution in [0.2, 0.25) is 0 Å². The second-order valence-electron chi connectivity index (χ2n) is 2.82. The highest BCUT2D eigenvalue weighted by Gasteiger charge is 1.95. The maximum absolute atomic E-state index is 9.87. The summed E-state index contributed by atoms with van der Waals surface area (Å²) >= 11 is 0. The van der Waals surface area contributed by atoms with E-state index in [0.717, 1.165) is 5.56 Å². The molecule has 1 aromatic carbocycles. The molecule has 0 unspecified atom stereocenters. The first kappa shape index (κ1) is 9.52. The van der Waals surface area contributed by atoms with Crippen molar-refractivity contribution in [2.75, 3.05) is 0 Å². The Bertz CT molecular complexity index is 327. The van der Waals surface area contributed by atoms with E-state index in [-0.39, 0.29) is 0 Å². The van der Waals surface area contributed by atoms with Crippen molar-refractivity contribution in [3.05, 3.63) is 41.2 Å². The molecule has 2 nitrogen and oxygen atoms in total. The minimum absolute atomic E-state index is 0.404. The van der Waals surface area contributed by atoms with Crippen molar-refractivity contribution >= 4 is 12.5 Å². The molecule has 0 aromatic heterocycles. The first-order chi connectivity index (χ1) is 6.25. The van der Waals surface area contributed by atoms with Crippen LogP contribution in [0.15, 0.2) is 24.5 Å². The van der Waals surface area contributed by atoms with E-state index in [9.17, 15) is 4.79 Å². The molecule has 68 valence electrons. The van der Waals surface area contributed by atoms with Crippen LogP contribution >= 0.6 is 0 Å². The van der Waals surface area contributed by atoms with Crippen LogP contribution in [0.1, 0.15) is 16.7 Å². The van der Waals surface area contributed by atoms with Crippen LogP contribution < -0.4 is 0 Å². The Hall–Kier alpha value is -1.57. The first-order valence-corrected chi connectivity index (χ1v) is 4.07. The minimum atomic E-state index is 0.404. The lowest BCUT2D eigenvalue weighted by molar-refractivity contribution is -0.123. The predicted molar refractivity (Wildman–Crippen MR) is 52.1 cm³/mol. The summed E-state index contributed by atoms with van der Waals surface area (Å²) in [5.41, 5.74) is 3.50. The fourth-order valence-electron chi connectivity index (χ4n) is 1.10. The summed E-state index contributed by atoms with van der Waals surface area (Å²) in [6.45, 7) is 4.49. The van der Waals surface area contributed by atoms with Gasteiger partial charge in [0.2, 0.25) is 0 Å². The van der Waals surface area contributed by atoms with E-state index in [4.69, 9.17) is 0 Å². The molecule has 0 fully saturated rings. The van der Waals surface area contributed by atoms with Crippen molar-refractivity contribution in [2.45, 2.75) is 13.8 Å². The third-order valence-corrected chi connectivity index (χ3v) is 2.03. The number of hydrogen-bond acceptors (Lipinski definition) is 2. The molecular formula is C11H12O2. The molecular weight excluding hydrogens is 164 g/mol. The highest BCUT2D eigenvalue weighted by Crippen LogP contribution is 2.13. The summed E-state index contributed by atoms with van der Waals surface area (Å²) < 4.78 is 4.47. The highest BCUT2D eigenvalue weighted by atomic mass is 16.5. The monoisotopic (exact) mass is 176 g/mol. The fraction of sp³-hybridized carbons (Fsp3) is 0.182. The predicted octanol–water partition coefficient (Wildman–Crippen LogP) is 2.45. The average Bonchev–Trinajstić information content (AvgIpc) is 2.13. The van der Waals surface area contributed by atoms with Crippen LogP contribution in [0.25, 0.3) is 6.08 Å². The smallest absolute Gasteiger partial charge is 0.297 e. The van der Waals surface area contributed by atoms with Crippen molar-refractivity contribution in [1.29, 1.82) is 0 Å². The van der Waals surface area contributed by atoms with Crippen molar-refractivity contribution in [3.63, 3.8) is 0 Å². The quantitative estimate of drug-likeness (QED) is 0.522. The zero-order valence-corrected chi connectivity index (χ0v) is 7.78. The van der Waals surface area contributed by atoms with Gasteiger partial charge in [0, 0.05) is 0 Å². The Kier molecular flexibility index (Phi) is 3.26. The van der Waals surface area contributed by atoms with Crippen LogP contribution in [0, 0.1) is 13.8 Å². The standard InChI is InChI=1S/C11H12O2/c1-9-4-3-5-11(10(9)2)6-7-13-8-12/h3-8H,1-2H3/b7-6+. The van der Waals surface area contributed by atoms with Crippen molar-refractivity contribution < 1.29 is 9.53 Å². The maximum Gasteiger partial charge on any atom is 0.297 e. The lowest BCUT2D eigenvalue weighted by Crippen LogP contribution is -1.84. The highest BCUT2D eigenvalue weighted by molar-refractivity contribution is 5.55. The Labute approximate surface area is 77.8 Å². The summed E-state index contributed by atoms with van der Waals surface area (Å²) in [5, 5.41) is 0. The van der Waals surface area contributed by atoms with Gasteiger partial charge < -0.3 is 4.74 Å². The number of carbonyl (C=O) groups excluding carboxylic acids is 1. The van der Waals surface area contributed by atoms with Gasteiger partial charge in [-0.05, 0) is 36.6 Å². The Balaban J connectivity index is 2.88. The number of ether oxygens (including phenoxy) is 1. The Morgan fingerprint density at radius 2 is 2.08 bits per heavy atom. The molecule has 0 bridgehead atoms. The van der Waals surface area contributed by atoms with Crippen molar-refractivity contribution in [2.24, 2.45) is 0 Å². The summed E-state index contributed by atoms with van der Waals surface area (Å²) in [5.74, 6) is 0. The second-order valence-corrected chi connectivity index (χ2v) is 2.82. The van der Waals surface area contributed by atoms with Crippen LogP contribution in [-0.4, -0.2) is 6.47 Å². The molecule has 0 spiro atoms. The molecule has 0 amide bonds. The second kappa shape index (κ2) is 4.45. The summed E-state index contributed by atoms with van der Waals surface area (Å²) in [7, 11) is 0. The lowest BCUT2D eigenvalue weighted by atomic mass is 10.0. The maximum atomic E-state index is 9.87. The molecule has 0 aliphatic carbocycles. The van der Waals surface area contributed by atoms with Crippen LogP contribution in [0.3, 0.4) is 0 Å². The molecule has 1 aromatic rings. The zero-order chi connectivity index (χ0) is 9.68. The zero-order valence-electron chi connectivity index (χ0n) is 7.78. The largest absolute Gasteiger partial charge is 0.437 e. The number of hydrogen-bond donors (Lipinski definition) is 0. The van der Waals surface area contributed by atoms with Gasteiger partial charge in [-0.3, -0.25) is 4.79 Å². The number of aryl methyl sites for hydroxylation is 1. The summed E-state index contributed by atoms with van der Waals surface area (Å²) in [4.78, 5) is 9.87. The molecule has 1 rings (SSSR count). The topological polar surface area (TPSA) is 26.3 Å². The van der Waals surface area contributed by atoms with Crippen LogP contribution in [0.5, 0.6) is 0 Å². The third kappa shape index (κ3) is 2.44. The van der Waals surface area contributed by atoms with Gasteiger partial charge in [-0.1, -0.05) is 18.2 Å². The van der Waals surface area contributed by atoms with E-state index in [1.165, 1.54) is 17.4 Å². The summed E-state index contributed by atoms with van der Waals surface area (Å²) in [6.07, 6.45) is 3.16. The van der Waals surface area contributed by atoms with E-state index < -0.39 is 0 Å². The van der Waals surface area contributed by atoms with E-state index >= 15 is 0 Å². The van der Waals surface area contributed by atoms with Gasteiger partial charge >= 0.3 is 0 Å². The van der Waals surface area contributed by atoms with Gasteiger partial charge in [0.1, 0.15) is 0 Å². The normalized spacial score (nSPS) is 10.3. The third-order valence-electron chi connectivity index (χ3n) is 2.03. The van der Waals surface area contributed by atoms with E-state index in [1.807, 2.05) is 32.0 Å². The molecule has 0 atom stereocenters. The molecule has 0 radical (unpaired) electrons. The lowest BCUT2D eigenvalue weighted by Gasteiger charge is -2.02. The van der Waals surface area contributed by atoms with E-state index in [2.05, 4.69) is 4.74 Å². The van der Waals surface area contributed by atoms with E-state index in [1.54, 1.807) is 6.08 Å². The average molecular weight is 176 g/mol. The fourth-order valence-corrected chi connectivity index (χ4v) is 1.10. The molecule has 0 heterocycles. The van der Waals surface area contributed by atoms with E-state index in [0.29, 0.717) is 6.47 Å². The van der Waals surface area contributed by atoms with Gasteiger partial charge in [-0.15, -0.1) is 0 Å². The minimum Gasteiger partial charge on any atom is -0.437 e. The van der Waals surface area contributed by atoms with Crippen molar-refractivity contribution in [1.82, 2.24) is 0 Å². The number of rotatable bonds is 3. The number of carbonyl (C=O) groups is 1. The molecule has 0 saturated heterocycles. The van der Waals surface area contributed by atoms with Gasteiger partial charge in [-0.25, -0.2) is 0 Å². The Morgan fingerprint density at radius 1 is 1.31 bits per heavy atom. The molecule has 0 N–H and O–H groups in total. The molecule has 2 heteroatoms. The van der Waals surface area contributed by atoms with Gasteiger partial charge in [0.25, 0.3) is 6.47 Å². The molecule has 13 heavy (non-hydrogen) atoms. The summed E-state index contributed by atoms with van der Waals surface area (Å²) in [6, 6.07) is 6.00. The number of benzene rings is 1. The first-order valence-electron chi connectivity index (χ1n) is 4.07. The molecule has 0 aliphatic rings.